The molecule has 4 rings (SSSR count). The van der Waals surface area contributed by atoms with Crippen molar-refractivity contribution in [2.24, 2.45) is 0 Å². The van der Waals surface area contributed by atoms with Gasteiger partial charge in [0.15, 0.2) is 17.4 Å². The predicted molar refractivity (Wildman–Crippen MR) is 87.8 cm³/mol. The van der Waals surface area contributed by atoms with Gasteiger partial charge in [-0.1, -0.05) is 12.1 Å². The van der Waals surface area contributed by atoms with E-state index in [1.54, 1.807) is 17.0 Å². The Labute approximate surface area is 133 Å². The van der Waals surface area contributed by atoms with E-state index < -0.39 is 0 Å². The van der Waals surface area contributed by atoms with E-state index in [0.29, 0.717) is 18.1 Å². The molecule has 3 aromatic rings. The first-order valence-corrected chi connectivity index (χ1v) is 7.57. The molecule has 0 saturated heterocycles. The minimum atomic E-state index is -0.184. The van der Waals surface area contributed by atoms with E-state index in [1.165, 1.54) is 6.26 Å². The van der Waals surface area contributed by atoms with Gasteiger partial charge in [0.05, 0.1) is 17.3 Å². The molecule has 0 saturated carbocycles. The molecule has 3 heterocycles. The number of carbonyl (C=O) groups excluding carboxylic acids is 1. The number of nitrogens with zero attached hydrogens (tertiary/aromatic N) is 4. The third-order valence-corrected chi connectivity index (χ3v) is 4.00. The van der Waals surface area contributed by atoms with Crippen molar-refractivity contribution in [3.63, 3.8) is 0 Å². The summed E-state index contributed by atoms with van der Waals surface area (Å²) in [6, 6.07) is 11.1. The van der Waals surface area contributed by atoms with Crippen molar-refractivity contribution >= 4 is 28.6 Å². The normalized spacial score (nSPS) is 14.7. The van der Waals surface area contributed by atoms with E-state index in [-0.39, 0.29) is 5.91 Å². The highest BCUT2D eigenvalue weighted by Gasteiger charge is 2.28. The van der Waals surface area contributed by atoms with Crippen LogP contribution in [0.5, 0.6) is 0 Å². The summed E-state index contributed by atoms with van der Waals surface area (Å²) in [4.78, 5) is 25.9. The summed E-state index contributed by atoms with van der Waals surface area (Å²) >= 11 is 0. The first-order valence-electron chi connectivity index (χ1n) is 7.57. The van der Waals surface area contributed by atoms with Crippen molar-refractivity contribution < 1.29 is 9.21 Å². The van der Waals surface area contributed by atoms with Crippen LogP contribution in [0.25, 0.3) is 11.0 Å². The highest BCUT2D eigenvalue weighted by atomic mass is 16.3. The average molecular weight is 308 g/mol. The van der Waals surface area contributed by atoms with E-state index >= 15 is 0 Å². The summed E-state index contributed by atoms with van der Waals surface area (Å²) in [6.07, 6.45) is 2.35. The molecule has 0 atom stereocenters. The maximum absolute atomic E-state index is 12.8. The van der Waals surface area contributed by atoms with Crippen LogP contribution in [0.3, 0.4) is 0 Å². The Morgan fingerprint density at radius 3 is 2.48 bits per heavy atom. The largest absolute Gasteiger partial charge is 0.459 e. The van der Waals surface area contributed by atoms with Crippen molar-refractivity contribution in [1.82, 2.24) is 9.97 Å². The van der Waals surface area contributed by atoms with Crippen molar-refractivity contribution in [2.75, 3.05) is 29.9 Å². The second kappa shape index (κ2) is 5.39. The molecule has 1 amide bonds. The molecule has 23 heavy (non-hydrogen) atoms. The number of rotatable bonds is 1. The van der Waals surface area contributed by atoms with Gasteiger partial charge in [0.2, 0.25) is 0 Å². The van der Waals surface area contributed by atoms with Gasteiger partial charge in [-0.15, -0.1) is 0 Å². The van der Waals surface area contributed by atoms with Crippen molar-refractivity contribution in [3.8, 4) is 0 Å². The lowest BCUT2D eigenvalue weighted by molar-refractivity contribution is 0.0960. The summed E-state index contributed by atoms with van der Waals surface area (Å²) in [5, 5.41) is 0. The van der Waals surface area contributed by atoms with E-state index in [4.69, 9.17) is 14.4 Å². The van der Waals surface area contributed by atoms with E-state index in [2.05, 4.69) is 0 Å². The Balaban J connectivity index is 1.88. The molecule has 0 N–H and O–H groups in total. The molecule has 0 fully saturated rings. The first kappa shape index (κ1) is 13.8. The SMILES string of the molecule is CN1CCCN(C(=O)c2ccco2)c2nc3ccccc3nc21. The van der Waals surface area contributed by atoms with Gasteiger partial charge in [0, 0.05) is 20.1 Å². The van der Waals surface area contributed by atoms with Crippen LogP contribution in [0.1, 0.15) is 17.0 Å². The summed E-state index contributed by atoms with van der Waals surface area (Å²) in [5.41, 5.74) is 1.60. The Kier molecular flexibility index (Phi) is 3.22. The Bertz CT molecular complexity index is 860. The second-order valence-corrected chi connectivity index (χ2v) is 5.57. The zero-order valence-corrected chi connectivity index (χ0v) is 12.8. The highest BCUT2D eigenvalue weighted by Crippen LogP contribution is 2.31. The number of benzene rings is 1. The van der Waals surface area contributed by atoms with Crippen LogP contribution in [0.15, 0.2) is 47.1 Å². The van der Waals surface area contributed by atoms with Crippen molar-refractivity contribution in [2.45, 2.75) is 6.42 Å². The van der Waals surface area contributed by atoms with Crippen LogP contribution in [-0.2, 0) is 0 Å². The Morgan fingerprint density at radius 1 is 1.04 bits per heavy atom. The molecular weight excluding hydrogens is 292 g/mol. The average Bonchev–Trinajstić information content (AvgIpc) is 3.06. The van der Waals surface area contributed by atoms with Crippen molar-refractivity contribution in [3.05, 3.63) is 48.4 Å². The van der Waals surface area contributed by atoms with E-state index in [1.807, 2.05) is 36.2 Å². The van der Waals surface area contributed by atoms with E-state index in [9.17, 15) is 4.79 Å². The molecule has 6 heteroatoms. The smallest absolute Gasteiger partial charge is 0.295 e. The van der Waals surface area contributed by atoms with Crippen LogP contribution < -0.4 is 9.80 Å². The fraction of sp³-hybridized carbons (Fsp3) is 0.235. The number of anilines is 2. The van der Waals surface area contributed by atoms with Gasteiger partial charge in [0.25, 0.3) is 5.91 Å². The minimum absolute atomic E-state index is 0.184. The second-order valence-electron chi connectivity index (χ2n) is 5.57. The minimum Gasteiger partial charge on any atom is -0.459 e. The zero-order chi connectivity index (χ0) is 15.8. The number of aromatic nitrogens is 2. The zero-order valence-electron chi connectivity index (χ0n) is 12.8. The Hall–Kier alpha value is -2.89. The monoisotopic (exact) mass is 308 g/mol. The lowest BCUT2D eigenvalue weighted by atomic mass is 10.3. The topological polar surface area (TPSA) is 62.5 Å². The number of carbonyl (C=O) groups is 1. The number of amides is 1. The molecule has 1 aliphatic rings. The van der Waals surface area contributed by atoms with E-state index in [0.717, 1.165) is 29.8 Å². The molecule has 0 radical (unpaired) electrons. The summed E-state index contributed by atoms with van der Waals surface area (Å²) < 4.78 is 5.27. The lowest BCUT2D eigenvalue weighted by Crippen LogP contribution is -2.32. The highest BCUT2D eigenvalue weighted by molar-refractivity contribution is 6.05. The third kappa shape index (κ3) is 2.32. The van der Waals surface area contributed by atoms with Gasteiger partial charge < -0.3 is 9.32 Å². The molecule has 0 aliphatic carbocycles. The number of fused-ring (bicyclic) bond motifs is 2. The van der Waals surface area contributed by atoms with Gasteiger partial charge in [-0.25, -0.2) is 9.97 Å². The van der Waals surface area contributed by atoms with Crippen LogP contribution in [-0.4, -0.2) is 36.0 Å². The fourth-order valence-corrected chi connectivity index (χ4v) is 2.83. The molecule has 1 aromatic carbocycles. The number of para-hydroxylation sites is 2. The van der Waals surface area contributed by atoms with Crippen molar-refractivity contribution in [1.29, 1.82) is 0 Å². The molecule has 0 spiro atoms. The molecule has 116 valence electrons. The molecule has 6 nitrogen and oxygen atoms in total. The maximum Gasteiger partial charge on any atom is 0.295 e. The van der Waals surface area contributed by atoms with Crippen LogP contribution in [0.4, 0.5) is 11.6 Å². The quantitative estimate of drug-likeness (QED) is 0.691. The Morgan fingerprint density at radius 2 is 1.78 bits per heavy atom. The van der Waals surface area contributed by atoms with Gasteiger partial charge in [-0.3, -0.25) is 9.69 Å². The molecule has 2 aromatic heterocycles. The van der Waals surface area contributed by atoms with Gasteiger partial charge >= 0.3 is 0 Å². The number of hydrogen-bond acceptors (Lipinski definition) is 5. The van der Waals surface area contributed by atoms with Gasteiger partial charge in [-0.2, -0.15) is 0 Å². The lowest BCUT2D eigenvalue weighted by Gasteiger charge is -2.22. The summed E-state index contributed by atoms with van der Waals surface area (Å²) in [6.45, 7) is 1.41. The fourth-order valence-electron chi connectivity index (χ4n) is 2.83. The predicted octanol–water partition coefficient (Wildman–Crippen LogP) is 2.71. The standard InChI is InChI=1S/C17H16N4O2/c1-20-9-5-10-21(17(22)14-8-4-11-23-14)16-15(20)18-12-6-2-3-7-13(12)19-16/h2-4,6-8,11H,5,9-10H2,1H3. The molecular formula is C17H16N4O2. The maximum atomic E-state index is 12.8. The summed E-state index contributed by atoms with van der Waals surface area (Å²) in [5.74, 6) is 1.44. The third-order valence-electron chi connectivity index (χ3n) is 4.00. The van der Waals surface area contributed by atoms with Crippen LogP contribution >= 0.6 is 0 Å². The molecule has 0 unspecified atom stereocenters. The van der Waals surface area contributed by atoms with Gasteiger partial charge in [-0.05, 0) is 30.7 Å². The van der Waals surface area contributed by atoms with Gasteiger partial charge in [0.1, 0.15) is 0 Å². The number of hydrogen-bond donors (Lipinski definition) is 0. The first-order chi connectivity index (χ1) is 11.2. The molecule has 1 aliphatic heterocycles. The number of furan rings is 1. The molecule has 0 bridgehead atoms. The van der Waals surface area contributed by atoms with Crippen LogP contribution in [0, 0.1) is 0 Å². The van der Waals surface area contributed by atoms with Crippen LogP contribution in [0.2, 0.25) is 0 Å². The summed E-state index contributed by atoms with van der Waals surface area (Å²) in [7, 11) is 1.98.